The molecule has 0 radical (unpaired) electrons. The van der Waals surface area contributed by atoms with Gasteiger partial charge in [0.2, 0.25) is 5.91 Å². The number of fused-ring (bicyclic) bond motifs is 1. The number of aromatic nitrogens is 3. The summed E-state index contributed by atoms with van der Waals surface area (Å²) >= 11 is 1.36. The summed E-state index contributed by atoms with van der Waals surface area (Å²) in [5.41, 5.74) is 0.873. The normalized spacial score (nSPS) is 15.7. The van der Waals surface area contributed by atoms with Crippen LogP contribution >= 0.6 is 11.3 Å². The molecule has 3 heterocycles. The maximum absolute atomic E-state index is 13.6. The second kappa shape index (κ2) is 7.40. The highest BCUT2D eigenvalue weighted by Crippen LogP contribution is 2.22. The fourth-order valence-corrected chi connectivity index (χ4v) is 3.99. The summed E-state index contributed by atoms with van der Waals surface area (Å²) in [5.74, 6) is -0.522. The number of benzene rings is 1. The lowest BCUT2D eigenvalue weighted by atomic mass is 10.0. The first kappa shape index (κ1) is 17.5. The molecule has 1 aliphatic heterocycles. The molecule has 0 N–H and O–H groups in total. The Labute approximate surface area is 158 Å². The number of piperidine rings is 1. The molecule has 4 rings (SSSR count). The van der Waals surface area contributed by atoms with Crippen molar-refractivity contribution < 1.29 is 9.18 Å². The third-order valence-electron chi connectivity index (χ3n) is 4.73. The molecule has 27 heavy (non-hydrogen) atoms. The molecule has 8 heteroatoms. The van der Waals surface area contributed by atoms with Crippen LogP contribution in [0.5, 0.6) is 0 Å². The Hall–Kier alpha value is -2.87. The SMILES string of the molecule is O=C(C=Cc1ccccc1F)N1CCC(n2nnc3ccsc3c2=O)CC1. The Morgan fingerprint density at radius 1 is 1.22 bits per heavy atom. The van der Waals surface area contributed by atoms with Crippen LogP contribution in [0.1, 0.15) is 24.4 Å². The number of halogens is 1. The molecule has 1 fully saturated rings. The predicted molar refractivity (Wildman–Crippen MR) is 102 cm³/mol. The first-order valence-electron chi connectivity index (χ1n) is 8.68. The molecule has 0 spiro atoms. The van der Waals surface area contributed by atoms with Gasteiger partial charge in [-0.25, -0.2) is 9.07 Å². The summed E-state index contributed by atoms with van der Waals surface area (Å²) in [4.78, 5) is 26.6. The Bertz CT molecular complexity index is 1070. The zero-order chi connectivity index (χ0) is 18.8. The van der Waals surface area contributed by atoms with Gasteiger partial charge in [0.1, 0.15) is 16.0 Å². The first-order chi connectivity index (χ1) is 13.1. The van der Waals surface area contributed by atoms with E-state index in [1.807, 2.05) is 5.38 Å². The van der Waals surface area contributed by atoms with Crippen LogP contribution in [-0.2, 0) is 4.79 Å². The lowest BCUT2D eigenvalue weighted by Gasteiger charge is -2.31. The third kappa shape index (κ3) is 3.52. The van der Waals surface area contributed by atoms with Gasteiger partial charge in [-0.05, 0) is 36.4 Å². The Morgan fingerprint density at radius 2 is 2.00 bits per heavy atom. The van der Waals surface area contributed by atoms with Crippen LogP contribution in [0.4, 0.5) is 4.39 Å². The van der Waals surface area contributed by atoms with Crippen LogP contribution < -0.4 is 5.56 Å². The highest BCUT2D eigenvalue weighted by atomic mass is 32.1. The van der Waals surface area contributed by atoms with E-state index in [9.17, 15) is 14.0 Å². The Balaban J connectivity index is 1.42. The summed E-state index contributed by atoms with van der Waals surface area (Å²) in [6.07, 6.45) is 4.14. The molecule has 6 nitrogen and oxygen atoms in total. The molecular formula is C19H17FN4O2S. The van der Waals surface area contributed by atoms with Crippen LogP contribution in [0.2, 0.25) is 0 Å². The van der Waals surface area contributed by atoms with Gasteiger partial charge in [-0.2, -0.15) is 0 Å². The average Bonchev–Trinajstić information content (AvgIpc) is 3.17. The topological polar surface area (TPSA) is 68.1 Å². The lowest BCUT2D eigenvalue weighted by molar-refractivity contribution is -0.127. The minimum atomic E-state index is -0.359. The van der Waals surface area contributed by atoms with Crippen LogP contribution in [-0.4, -0.2) is 38.9 Å². The molecular weight excluding hydrogens is 367 g/mol. The quantitative estimate of drug-likeness (QED) is 0.651. The standard InChI is InChI=1S/C19H17FN4O2S/c20-15-4-2-1-3-13(15)5-6-17(25)23-10-7-14(8-11-23)24-19(26)18-16(21-22-24)9-12-27-18/h1-6,9,12,14H,7-8,10-11H2. The monoisotopic (exact) mass is 384 g/mol. The number of hydrogen-bond acceptors (Lipinski definition) is 5. The maximum atomic E-state index is 13.6. The van der Waals surface area contributed by atoms with Crippen molar-refractivity contribution >= 4 is 33.5 Å². The molecule has 1 saturated heterocycles. The van der Waals surface area contributed by atoms with Crippen molar-refractivity contribution in [2.24, 2.45) is 0 Å². The predicted octanol–water partition coefficient (Wildman–Crippen LogP) is 2.87. The average molecular weight is 384 g/mol. The lowest BCUT2D eigenvalue weighted by Crippen LogP contribution is -2.40. The van der Waals surface area contributed by atoms with E-state index < -0.39 is 0 Å². The molecule has 1 amide bonds. The van der Waals surface area contributed by atoms with Crippen LogP contribution in [0.3, 0.4) is 0 Å². The van der Waals surface area contributed by atoms with Gasteiger partial charge < -0.3 is 4.90 Å². The molecule has 1 aliphatic rings. The molecule has 138 valence electrons. The third-order valence-corrected chi connectivity index (χ3v) is 5.62. The van der Waals surface area contributed by atoms with Crippen molar-refractivity contribution in [1.82, 2.24) is 19.9 Å². The highest BCUT2D eigenvalue weighted by molar-refractivity contribution is 7.17. The maximum Gasteiger partial charge on any atom is 0.287 e. The highest BCUT2D eigenvalue weighted by Gasteiger charge is 2.25. The fraction of sp³-hybridized carbons (Fsp3) is 0.263. The minimum absolute atomic E-state index is 0.0731. The molecule has 0 atom stereocenters. The summed E-state index contributed by atoms with van der Waals surface area (Å²) in [5, 5.41) is 9.99. The molecule has 3 aromatic rings. The molecule has 2 aromatic heterocycles. The molecule has 0 aliphatic carbocycles. The second-order valence-corrected chi connectivity index (χ2v) is 7.30. The van der Waals surface area contributed by atoms with Gasteiger partial charge in [0, 0.05) is 24.7 Å². The van der Waals surface area contributed by atoms with E-state index in [-0.39, 0.29) is 23.3 Å². The van der Waals surface area contributed by atoms with Gasteiger partial charge in [0.25, 0.3) is 5.56 Å². The van der Waals surface area contributed by atoms with Gasteiger partial charge in [0.05, 0.1) is 6.04 Å². The zero-order valence-corrected chi connectivity index (χ0v) is 15.2. The molecule has 0 unspecified atom stereocenters. The van der Waals surface area contributed by atoms with E-state index in [0.717, 1.165) is 0 Å². The number of thiophene rings is 1. The number of likely N-dealkylation sites (tertiary alicyclic amines) is 1. The molecule has 1 aromatic carbocycles. The Kier molecular flexibility index (Phi) is 4.81. The van der Waals surface area contributed by atoms with E-state index in [1.54, 1.807) is 29.2 Å². The van der Waals surface area contributed by atoms with Crippen molar-refractivity contribution in [3.63, 3.8) is 0 Å². The van der Waals surface area contributed by atoms with E-state index >= 15 is 0 Å². The van der Waals surface area contributed by atoms with Gasteiger partial charge in [0.15, 0.2) is 0 Å². The first-order valence-corrected chi connectivity index (χ1v) is 9.55. The van der Waals surface area contributed by atoms with Crippen molar-refractivity contribution in [2.45, 2.75) is 18.9 Å². The van der Waals surface area contributed by atoms with Crippen LogP contribution in [0.25, 0.3) is 16.3 Å². The van der Waals surface area contributed by atoms with Crippen molar-refractivity contribution in [2.75, 3.05) is 13.1 Å². The van der Waals surface area contributed by atoms with Crippen molar-refractivity contribution in [1.29, 1.82) is 0 Å². The summed E-state index contributed by atoms with van der Waals surface area (Å²) < 4.78 is 15.7. The summed E-state index contributed by atoms with van der Waals surface area (Å²) in [6, 6.07) is 8.02. The van der Waals surface area contributed by atoms with E-state index in [2.05, 4.69) is 10.3 Å². The van der Waals surface area contributed by atoms with E-state index in [0.29, 0.717) is 41.7 Å². The number of amides is 1. The largest absolute Gasteiger partial charge is 0.339 e. The van der Waals surface area contributed by atoms with E-state index in [4.69, 9.17) is 0 Å². The Morgan fingerprint density at radius 3 is 2.78 bits per heavy atom. The smallest absolute Gasteiger partial charge is 0.287 e. The summed E-state index contributed by atoms with van der Waals surface area (Å²) in [6.45, 7) is 1.03. The number of carbonyl (C=O) groups is 1. The van der Waals surface area contributed by atoms with E-state index in [1.165, 1.54) is 34.2 Å². The number of hydrogen-bond donors (Lipinski definition) is 0. The minimum Gasteiger partial charge on any atom is -0.339 e. The molecule has 0 bridgehead atoms. The fourth-order valence-electron chi connectivity index (χ4n) is 3.23. The number of nitrogens with zero attached hydrogens (tertiary/aromatic N) is 4. The summed E-state index contributed by atoms with van der Waals surface area (Å²) in [7, 11) is 0. The van der Waals surface area contributed by atoms with Gasteiger partial charge in [-0.1, -0.05) is 23.4 Å². The van der Waals surface area contributed by atoms with Gasteiger partial charge in [-0.3, -0.25) is 9.59 Å². The number of carbonyl (C=O) groups excluding carboxylic acids is 1. The zero-order valence-electron chi connectivity index (χ0n) is 14.4. The molecule has 0 saturated carbocycles. The van der Waals surface area contributed by atoms with Crippen molar-refractivity contribution in [3.05, 3.63) is 63.5 Å². The van der Waals surface area contributed by atoms with Gasteiger partial charge >= 0.3 is 0 Å². The number of rotatable bonds is 3. The van der Waals surface area contributed by atoms with Crippen LogP contribution in [0, 0.1) is 5.82 Å². The second-order valence-electron chi connectivity index (χ2n) is 6.39. The van der Waals surface area contributed by atoms with Crippen molar-refractivity contribution in [3.8, 4) is 0 Å². The van der Waals surface area contributed by atoms with Crippen LogP contribution in [0.15, 0.2) is 46.6 Å². The van der Waals surface area contributed by atoms with Gasteiger partial charge in [-0.15, -0.1) is 16.4 Å².